The molecule has 0 spiro atoms. The second-order valence-electron chi connectivity index (χ2n) is 7.74. The molecule has 3 aromatic rings. The molecule has 1 saturated heterocycles. The summed E-state index contributed by atoms with van der Waals surface area (Å²) < 4.78 is 5.54. The molecule has 1 unspecified atom stereocenters. The van der Waals surface area contributed by atoms with E-state index < -0.39 is 18.0 Å². The monoisotopic (exact) mass is 437 g/mol. The quantitative estimate of drug-likeness (QED) is 0.570. The first kappa shape index (κ1) is 21.1. The molecule has 0 saturated carbocycles. The molecule has 4 rings (SSSR count). The number of amides is 1. The highest BCUT2D eigenvalue weighted by Gasteiger charge is 2.26. The van der Waals surface area contributed by atoms with Gasteiger partial charge in [0.05, 0.1) is 5.52 Å². The number of halogens is 1. The van der Waals surface area contributed by atoms with Crippen LogP contribution in [0, 0.1) is 6.92 Å². The van der Waals surface area contributed by atoms with Gasteiger partial charge in [-0.1, -0.05) is 35.9 Å². The molecule has 160 valence electrons. The standard InChI is InChI=1S/C24H24ClN3O3/c1-15-9-10-18(25)14-21(15)27-23(29)16(2)31-24(30)19-13-17-7-3-4-8-20(17)26-22(19)28-11-5-6-12-28/h3-4,7-10,13-14,16H,5-6,11-12H2,1-2H3,(H,27,29). The molecule has 2 aromatic carbocycles. The lowest BCUT2D eigenvalue weighted by Gasteiger charge is -2.21. The van der Waals surface area contributed by atoms with Gasteiger partial charge in [-0.25, -0.2) is 9.78 Å². The van der Waals surface area contributed by atoms with E-state index >= 15 is 0 Å². The maximum Gasteiger partial charge on any atom is 0.342 e. The summed E-state index contributed by atoms with van der Waals surface area (Å²) in [5.41, 5.74) is 2.65. The summed E-state index contributed by atoms with van der Waals surface area (Å²) in [6.07, 6.45) is 1.13. The van der Waals surface area contributed by atoms with E-state index in [-0.39, 0.29) is 0 Å². The largest absolute Gasteiger partial charge is 0.449 e. The van der Waals surface area contributed by atoms with Crippen LogP contribution in [0.1, 0.15) is 35.7 Å². The number of nitrogens with one attached hydrogen (secondary N) is 1. The van der Waals surface area contributed by atoms with Gasteiger partial charge in [0.1, 0.15) is 11.4 Å². The van der Waals surface area contributed by atoms with Crippen molar-refractivity contribution in [2.24, 2.45) is 0 Å². The molecule has 1 fully saturated rings. The van der Waals surface area contributed by atoms with Gasteiger partial charge in [0, 0.05) is 29.2 Å². The van der Waals surface area contributed by atoms with Crippen LogP contribution in [-0.2, 0) is 9.53 Å². The molecule has 0 radical (unpaired) electrons. The van der Waals surface area contributed by atoms with Crippen LogP contribution in [0.2, 0.25) is 5.02 Å². The molecule has 1 aliphatic rings. The Balaban J connectivity index is 1.56. The Kier molecular flexibility index (Phi) is 6.09. The van der Waals surface area contributed by atoms with Crippen LogP contribution in [-0.4, -0.2) is 36.1 Å². The maximum absolute atomic E-state index is 13.1. The van der Waals surface area contributed by atoms with Gasteiger partial charge in [-0.2, -0.15) is 0 Å². The van der Waals surface area contributed by atoms with Crippen molar-refractivity contribution in [3.8, 4) is 0 Å². The average molecular weight is 438 g/mol. The Morgan fingerprint density at radius 2 is 1.87 bits per heavy atom. The van der Waals surface area contributed by atoms with Crippen LogP contribution in [0.3, 0.4) is 0 Å². The van der Waals surface area contributed by atoms with E-state index in [1.165, 1.54) is 0 Å². The maximum atomic E-state index is 13.1. The van der Waals surface area contributed by atoms with E-state index in [1.54, 1.807) is 25.1 Å². The number of benzene rings is 2. The number of aryl methyl sites for hydroxylation is 1. The Morgan fingerprint density at radius 1 is 1.13 bits per heavy atom. The predicted octanol–water partition coefficient (Wildman–Crippen LogP) is 4.98. The molecule has 1 aliphatic heterocycles. The van der Waals surface area contributed by atoms with Gasteiger partial charge in [0.25, 0.3) is 5.91 Å². The molecule has 31 heavy (non-hydrogen) atoms. The minimum Gasteiger partial charge on any atom is -0.449 e. The van der Waals surface area contributed by atoms with Crippen molar-refractivity contribution in [2.45, 2.75) is 32.8 Å². The number of nitrogens with zero attached hydrogens (tertiary/aromatic N) is 2. The average Bonchev–Trinajstić information content (AvgIpc) is 3.30. The molecule has 1 aromatic heterocycles. The van der Waals surface area contributed by atoms with Gasteiger partial charge in [0.15, 0.2) is 6.10 Å². The molecule has 1 atom stereocenters. The second kappa shape index (κ2) is 8.94. The lowest BCUT2D eigenvalue weighted by Crippen LogP contribution is -2.31. The summed E-state index contributed by atoms with van der Waals surface area (Å²) in [6.45, 7) is 5.11. The summed E-state index contributed by atoms with van der Waals surface area (Å²) >= 11 is 6.02. The number of anilines is 2. The first-order chi connectivity index (χ1) is 14.9. The van der Waals surface area contributed by atoms with Crippen molar-refractivity contribution in [1.82, 2.24) is 4.98 Å². The fourth-order valence-corrected chi connectivity index (χ4v) is 3.84. The van der Waals surface area contributed by atoms with Crippen molar-refractivity contribution in [2.75, 3.05) is 23.3 Å². The van der Waals surface area contributed by atoms with Crippen LogP contribution in [0.25, 0.3) is 10.9 Å². The number of carbonyl (C=O) groups is 2. The Hall–Kier alpha value is -3.12. The SMILES string of the molecule is Cc1ccc(Cl)cc1NC(=O)C(C)OC(=O)c1cc2ccccc2nc1N1CCCC1. The smallest absolute Gasteiger partial charge is 0.342 e. The van der Waals surface area contributed by atoms with E-state index in [0.717, 1.165) is 42.4 Å². The zero-order chi connectivity index (χ0) is 22.0. The van der Waals surface area contributed by atoms with Crippen molar-refractivity contribution in [1.29, 1.82) is 0 Å². The van der Waals surface area contributed by atoms with Crippen LogP contribution in [0.4, 0.5) is 11.5 Å². The normalized spacial score (nSPS) is 14.5. The minimum atomic E-state index is -0.983. The summed E-state index contributed by atoms with van der Waals surface area (Å²) in [7, 11) is 0. The number of aromatic nitrogens is 1. The molecule has 6 nitrogen and oxygen atoms in total. The van der Waals surface area contributed by atoms with E-state index in [0.29, 0.717) is 22.1 Å². The fourth-order valence-electron chi connectivity index (χ4n) is 3.67. The Bertz CT molecular complexity index is 1140. The van der Waals surface area contributed by atoms with Crippen molar-refractivity contribution in [3.63, 3.8) is 0 Å². The number of carbonyl (C=O) groups excluding carboxylic acids is 2. The molecular weight excluding hydrogens is 414 g/mol. The van der Waals surface area contributed by atoms with Crippen LogP contribution >= 0.6 is 11.6 Å². The Labute approximate surface area is 186 Å². The van der Waals surface area contributed by atoms with Crippen LogP contribution in [0.5, 0.6) is 0 Å². The van der Waals surface area contributed by atoms with Crippen molar-refractivity contribution >= 4 is 45.9 Å². The third kappa shape index (κ3) is 4.64. The first-order valence-electron chi connectivity index (χ1n) is 10.3. The third-order valence-electron chi connectivity index (χ3n) is 5.44. The van der Waals surface area contributed by atoms with E-state index in [2.05, 4.69) is 10.2 Å². The minimum absolute atomic E-state index is 0.374. The van der Waals surface area contributed by atoms with Crippen molar-refractivity contribution in [3.05, 3.63) is 64.7 Å². The topological polar surface area (TPSA) is 71.5 Å². The van der Waals surface area contributed by atoms with Crippen LogP contribution < -0.4 is 10.2 Å². The van der Waals surface area contributed by atoms with Gasteiger partial charge < -0.3 is 15.0 Å². The van der Waals surface area contributed by atoms with E-state index in [9.17, 15) is 9.59 Å². The summed E-state index contributed by atoms with van der Waals surface area (Å²) in [4.78, 5) is 32.5. The number of esters is 1. The second-order valence-corrected chi connectivity index (χ2v) is 8.18. The Morgan fingerprint density at radius 3 is 2.65 bits per heavy atom. The predicted molar refractivity (Wildman–Crippen MR) is 123 cm³/mol. The number of hydrogen-bond donors (Lipinski definition) is 1. The zero-order valence-electron chi connectivity index (χ0n) is 17.5. The molecule has 2 heterocycles. The molecule has 1 amide bonds. The van der Waals surface area contributed by atoms with E-state index in [4.69, 9.17) is 21.3 Å². The van der Waals surface area contributed by atoms with Crippen molar-refractivity contribution < 1.29 is 14.3 Å². The van der Waals surface area contributed by atoms with Gasteiger partial charge in [0.2, 0.25) is 0 Å². The summed E-state index contributed by atoms with van der Waals surface area (Å²) in [6, 6.07) is 14.7. The van der Waals surface area contributed by atoms with Gasteiger partial charge >= 0.3 is 5.97 Å². The molecule has 0 bridgehead atoms. The number of ether oxygens (including phenoxy) is 1. The highest BCUT2D eigenvalue weighted by molar-refractivity contribution is 6.31. The fraction of sp³-hybridized carbons (Fsp3) is 0.292. The summed E-state index contributed by atoms with van der Waals surface area (Å²) in [5, 5.41) is 4.15. The zero-order valence-corrected chi connectivity index (χ0v) is 18.3. The molecular formula is C24H24ClN3O3. The molecule has 0 aliphatic carbocycles. The first-order valence-corrected chi connectivity index (χ1v) is 10.7. The van der Waals surface area contributed by atoms with Gasteiger partial charge in [-0.15, -0.1) is 0 Å². The van der Waals surface area contributed by atoms with Gasteiger partial charge in [-0.3, -0.25) is 4.79 Å². The van der Waals surface area contributed by atoms with Crippen LogP contribution in [0.15, 0.2) is 48.5 Å². The third-order valence-corrected chi connectivity index (χ3v) is 5.67. The summed E-state index contributed by atoms with van der Waals surface area (Å²) in [5.74, 6) is -0.375. The number of rotatable bonds is 5. The van der Waals surface area contributed by atoms with E-state index in [1.807, 2.05) is 37.3 Å². The highest BCUT2D eigenvalue weighted by atomic mass is 35.5. The number of hydrogen-bond acceptors (Lipinski definition) is 5. The number of fused-ring (bicyclic) bond motifs is 1. The number of para-hydroxylation sites is 1. The molecule has 1 N–H and O–H groups in total. The molecule has 7 heteroatoms. The van der Waals surface area contributed by atoms with Gasteiger partial charge in [-0.05, 0) is 56.5 Å². The lowest BCUT2D eigenvalue weighted by molar-refractivity contribution is -0.123. The number of pyridine rings is 1. The highest BCUT2D eigenvalue weighted by Crippen LogP contribution is 2.28. The lowest BCUT2D eigenvalue weighted by atomic mass is 10.1.